The fourth-order valence-corrected chi connectivity index (χ4v) is 2.55. The molecule has 0 spiro atoms. The van der Waals surface area contributed by atoms with Crippen LogP contribution in [0.1, 0.15) is 46.0 Å². The average Bonchev–Trinajstić information content (AvgIpc) is 2.62. The third-order valence-corrected chi connectivity index (χ3v) is 3.63. The van der Waals surface area contributed by atoms with Gasteiger partial charge in [-0.25, -0.2) is 9.59 Å². The first kappa shape index (κ1) is 19.6. The van der Waals surface area contributed by atoms with Crippen molar-refractivity contribution < 1.29 is 33.3 Å². The molecule has 0 bridgehead atoms. The van der Waals surface area contributed by atoms with E-state index < -0.39 is 11.9 Å². The Bertz CT molecular complexity index is 562. The van der Waals surface area contributed by atoms with E-state index in [1.807, 2.05) is 6.92 Å². The highest BCUT2D eigenvalue weighted by atomic mass is 16.5. The lowest BCUT2D eigenvalue weighted by Gasteiger charge is -2.22. The normalized spacial score (nSPS) is 10.1. The molecule has 0 amide bonds. The number of hydrogen-bond acceptors (Lipinski definition) is 7. The van der Waals surface area contributed by atoms with E-state index in [1.165, 1.54) is 35.5 Å². The fourth-order valence-electron chi connectivity index (χ4n) is 2.55. The van der Waals surface area contributed by atoms with Crippen molar-refractivity contribution in [1.29, 1.82) is 0 Å². The molecule has 1 aromatic carbocycles. The van der Waals surface area contributed by atoms with Crippen LogP contribution in [0.4, 0.5) is 0 Å². The van der Waals surface area contributed by atoms with Gasteiger partial charge in [-0.05, 0) is 12.8 Å². The number of methoxy groups -OCH3 is 5. The molecule has 0 aliphatic carbocycles. The second kappa shape index (κ2) is 9.00. The van der Waals surface area contributed by atoms with Crippen LogP contribution < -0.4 is 14.2 Å². The third-order valence-electron chi connectivity index (χ3n) is 3.63. The molecule has 7 heteroatoms. The zero-order valence-corrected chi connectivity index (χ0v) is 15.0. The van der Waals surface area contributed by atoms with Gasteiger partial charge in [0.1, 0.15) is 22.6 Å². The van der Waals surface area contributed by atoms with Crippen LogP contribution in [0.5, 0.6) is 17.2 Å². The first-order valence-corrected chi connectivity index (χ1v) is 7.53. The van der Waals surface area contributed by atoms with Crippen LogP contribution in [-0.2, 0) is 15.9 Å². The molecule has 0 heterocycles. The van der Waals surface area contributed by atoms with Gasteiger partial charge in [0.05, 0.1) is 35.5 Å². The van der Waals surface area contributed by atoms with Gasteiger partial charge in [0.2, 0.25) is 0 Å². The monoisotopic (exact) mass is 340 g/mol. The lowest BCUT2D eigenvalue weighted by molar-refractivity contribution is 0.0586. The highest BCUT2D eigenvalue weighted by Gasteiger charge is 2.33. The largest absolute Gasteiger partial charge is 0.495 e. The predicted molar refractivity (Wildman–Crippen MR) is 87.4 cm³/mol. The van der Waals surface area contributed by atoms with Gasteiger partial charge in [-0.1, -0.05) is 13.3 Å². The van der Waals surface area contributed by atoms with Crippen molar-refractivity contribution in [2.75, 3.05) is 35.5 Å². The Kier molecular flexibility index (Phi) is 7.35. The summed E-state index contributed by atoms with van der Waals surface area (Å²) >= 11 is 0. The smallest absolute Gasteiger partial charge is 0.345 e. The van der Waals surface area contributed by atoms with E-state index >= 15 is 0 Å². The van der Waals surface area contributed by atoms with E-state index in [9.17, 15) is 9.59 Å². The predicted octanol–water partition coefficient (Wildman–Crippen LogP) is 2.63. The molecule has 0 aromatic heterocycles. The van der Waals surface area contributed by atoms with E-state index in [4.69, 9.17) is 23.7 Å². The summed E-state index contributed by atoms with van der Waals surface area (Å²) in [5.74, 6) is -0.792. The van der Waals surface area contributed by atoms with Crippen molar-refractivity contribution in [3.05, 3.63) is 16.7 Å². The molecule has 0 radical (unpaired) electrons. The van der Waals surface area contributed by atoms with Crippen LogP contribution >= 0.6 is 0 Å². The summed E-state index contributed by atoms with van der Waals surface area (Å²) < 4.78 is 25.8. The molecule has 24 heavy (non-hydrogen) atoms. The molecule has 1 rings (SSSR count). The second-order valence-corrected chi connectivity index (χ2v) is 4.92. The van der Waals surface area contributed by atoms with Crippen molar-refractivity contribution in [3.8, 4) is 17.2 Å². The minimum absolute atomic E-state index is 0.00245. The third kappa shape index (κ3) is 3.55. The summed E-state index contributed by atoms with van der Waals surface area (Å²) in [6.07, 6.45) is 2.29. The van der Waals surface area contributed by atoms with E-state index in [0.717, 1.165) is 12.8 Å². The molecule has 0 saturated heterocycles. The van der Waals surface area contributed by atoms with Gasteiger partial charge in [-0.3, -0.25) is 0 Å². The molecular weight excluding hydrogens is 316 g/mol. The maximum absolute atomic E-state index is 12.3. The number of benzene rings is 1. The Balaban J connectivity index is 3.92. The van der Waals surface area contributed by atoms with E-state index in [1.54, 1.807) is 0 Å². The molecule has 0 N–H and O–H groups in total. The van der Waals surface area contributed by atoms with Gasteiger partial charge in [-0.2, -0.15) is 0 Å². The van der Waals surface area contributed by atoms with E-state index in [-0.39, 0.29) is 28.4 Å². The molecule has 0 fully saturated rings. The Hall–Kier alpha value is -2.44. The van der Waals surface area contributed by atoms with Crippen molar-refractivity contribution >= 4 is 11.9 Å². The van der Waals surface area contributed by atoms with Crippen molar-refractivity contribution in [2.45, 2.75) is 26.2 Å². The average molecular weight is 340 g/mol. The number of carbonyl (C=O) groups excluding carboxylic acids is 2. The SMILES string of the molecule is CCCCc1c(OC)c(C(=O)OC)c(OC)c(C(=O)OC)c1OC. The lowest BCUT2D eigenvalue weighted by atomic mass is 9.96. The summed E-state index contributed by atoms with van der Waals surface area (Å²) in [6, 6.07) is 0. The zero-order chi connectivity index (χ0) is 18.3. The first-order chi connectivity index (χ1) is 11.5. The van der Waals surface area contributed by atoms with Crippen LogP contribution in [-0.4, -0.2) is 47.5 Å². The molecule has 0 aliphatic heterocycles. The minimum atomic E-state index is -0.672. The number of unbranched alkanes of at least 4 members (excludes halogenated alkanes) is 1. The number of ether oxygens (including phenoxy) is 5. The number of esters is 2. The maximum atomic E-state index is 12.3. The number of carbonyl (C=O) groups is 2. The molecular formula is C17H24O7. The Morgan fingerprint density at radius 1 is 0.750 bits per heavy atom. The quantitative estimate of drug-likeness (QED) is 0.673. The van der Waals surface area contributed by atoms with Gasteiger partial charge < -0.3 is 23.7 Å². The van der Waals surface area contributed by atoms with Gasteiger partial charge in [0, 0.05) is 5.56 Å². The summed E-state index contributed by atoms with van der Waals surface area (Å²) in [4.78, 5) is 24.6. The Morgan fingerprint density at radius 3 is 1.46 bits per heavy atom. The number of rotatable bonds is 8. The van der Waals surface area contributed by atoms with Crippen LogP contribution in [0, 0.1) is 0 Å². The summed E-state index contributed by atoms with van der Waals surface area (Å²) in [6.45, 7) is 2.03. The Labute approximate surface area is 141 Å². The standard InChI is InChI=1S/C17H24O7/c1-7-8-9-10-13(20-2)11(16(18)23-5)15(22-4)12(14(10)21-3)17(19)24-6/h7-9H2,1-6H3. The summed E-state index contributed by atoms with van der Waals surface area (Å²) in [5.41, 5.74) is 0.674. The summed E-state index contributed by atoms with van der Waals surface area (Å²) in [7, 11) is 6.71. The van der Waals surface area contributed by atoms with Crippen molar-refractivity contribution in [1.82, 2.24) is 0 Å². The topological polar surface area (TPSA) is 80.3 Å². The van der Waals surface area contributed by atoms with E-state index in [0.29, 0.717) is 12.0 Å². The van der Waals surface area contributed by atoms with Crippen molar-refractivity contribution in [3.63, 3.8) is 0 Å². The molecule has 0 unspecified atom stereocenters. The molecule has 134 valence electrons. The minimum Gasteiger partial charge on any atom is -0.495 e. The number of hydrogen-bond donors (Lipinski definition) is 0. The second-order valence-electron chi connectivity index (χ2n) is 4.92. The zero-order valence-electron chi connectivity index (χ0n) is 15.0. The Morgan fingerprint density at radius 2 is 1.17 bits per heavy atom. The summed E-state index contributed by atoms with van der Waals surface area (Å²) in [5, 5.41) is 0. The molecule has 1 aromatic rings. The van der Waals surface area contributed by atoms with Crippen molar-refractivity contribution in [2.24, 2.45) is 0 Å². The molecule has 7 nitrogen and oxygen atoms in total. The highest BCUT2D eigenvalue weighted by molar-refractivity contribution is 6.05. The van der Waals surface area contributed by atoms with Crippen LogP contribution in [0.3, 0.4) is 0 Å². The van der Waals surface area contributed by atoms with Gasteiger partial charge in [0.25, 0.3) is 0 Å². The van der Waals surface area contributed by atoms with Crippen LogP contribution in [0.2, 0.25) is 0 Å². The maximum Gasteiger partial charge on any atom is 0.345 e. The first-order valence-electron chi connectivity index (χ1n) is 7.53. The molecule has 0 aliphatic rings. The molecule has 0 saturated carbocycles. The van der Waals surface area contributed by atoms with Gasteiger partial charge in [0.15, 0.2) is 5.75 Å². The van der Waals surface area contributed by atoms with Crippen LogP contribution in [0.25, 0.3) is 0 Å². The van der Waals surface area contributed by atoms with Gasteiger partial charge in [-0.15, -0.1) is 0 Å². The van der Waals surface area contributed by atoms with Crippen LogP contribution in [0.15, 0.2) is 0 Å². The van der Waals surface area contributed by atoms with E-state index in [2.05, 4.69) is 0 Å². The lowest BCUT2D eigenvalue weighted by Crippen LogP contribution is -2.16. The van der Waals surface area contributed by atoms with Gasteiger partial charge >= 0.3 is 11.9 Å². The fraction of sp³-hybridized carbons (Fsp3) is 0.529. The molecule has 0 atom stereocenters. The highest BCUT2D eigenvalue weighted by Crippen LogP contribution is 2.45.